The molecule has 2 aliphatic rings. The third kappa shape index (κ3) is 2.86. The number of aromatic nitrogens is 1. The number of pyridine rings is 1. The molecule has 0 unspecified atom stereocenters. The molecular formula is C34H20ClNS. The van der Waals surface area contributed by atoms with E-state index >= 15 is 0 Å². The monoisotopic (exact) mass is 509 g/mol. The van der Waals surface area contributed by atoms with Crippen LogP contribution >= 0.6 is 23.4 Å². The quantitative estimate of drug-likeness (QED) is 0.218. The average Bonchev–Trinajstić information content (AvgIpc) is 3.22. The molecular weight excluding hydrogens is 490 g/mol. The van der Waals surface area contributed by atoms with Crippen LogP contribution in [0.5, 0.6) is 0 Å². The van der Waals surface area contributed by atoms with Crippen LogP contribution in [0.15, 0.2) is 131 Å². The van der Waals surface area contributed by atoms with Gasteiger partial charge in [-0.25, -0.2) is 0 Å². The number of halogens is 1. The molecule has 1 aliphatic heterocycles. The fourth-order valence-corrected chi connectivity index (χ4v) is 7.74. The van der Waals surface area contributed by atoms with Gasteiger partial charge in [0.1, 0.15) is 0 Å². The van der Waals surface area contributed by atoms with E-state index in [-0.39, 0.29) is 0 Å². The van der Waals surface area contributed by atoms with Crippen molar-refractivity contribution >= 4 is 34.3 Å². The Labute approximate surface area is 224 Å². The van der Waals surface area contributed by atoms with Crippen molar-refractivity contribution in [1.29, 1.82) is 0 Å². The van der Waals surface area contributed by atoms with Crippen LogP contribution in [0, 0.1) is 0 Å². The highest BCUT2D eigenvalue weighted by molar-refractivity contribution is 7.99. The maximum Gasteiger partial charge on any atom is 0.0780 e. The summed E-state index contributed by atoms with van der Waals surface area (Å²) in [7, 11) is 0. The van der Waals surface area contributed by atoms with Gasteiger partial charge in [-0.05, 0) is 75.3 Å². The number of fused-ring (bicyclic) bond motifs is 10. The van der Waals surface area contributed by atoms with Crippen LogP contribution < -0.4 is 0 Å². The molecule has 2 heterocycles. The van der Waals surface area contributed by atoms with Crippen molar-refractivity contribution in [2.45, 2.75) is 15.2 Å². The highest BCUT2D eigenvalue weighted by Crippen LogP contribution is 2.62. The summed E-state index contributed by atoms with van der Waals surface area (Å²) in [5, 5.41) is 1.91. The number of benzene rings is 5. The molecule has 1 spiro atoms. The number of hydrogen-bond acceptors (Lipinski definition) is 2. The lowest BCUT2D eigenvalue weighted by atomic mass is 9.67. The molecule has 0 amide bonds. The normalized spacial score (nSPS) is 14.2. The standard InChI is InChI=1S/C34H20ClNS/c35-23-15-17-26-25-16-14-22(24-9-5-7-21-8-6-18-36-33(21)24)19-29(25)34(30(26)20-23)27-10-1-3-12-31(27)37-32-13-4-2-11-28(32)34/h1-20H. The second-order valence-electron chi connectivity index (χ2n) is 9.68. The van der Waals surface area contributed by atoms with Crippen LogP contribution in [-0.2, 0) is 5.41 Å². The predicted molar refractivity (Wildman–Crippen MR) is 154 cm³/mol. The van der Waals surface area contributed by atoms with Crippen molar-refractivity contribution in [1.82, 2.24) is 4.98 Å². The Kier molecular flexibility index (Phi) is 4.49. The predicted octanol–water partition coefficient (Wildman–Crippen LogP) is 9.38. The second-order valence-corrected chi connectivity index (χ2v) is 11.2. The van der Waals surface area contributed by atoms with Crippen molar-refractivity contribution in [2.24, 2.45) is 0 Å². The number of nitrogens with zero attached hydrogens (tertiary/aromatic N) is 1. The summed E-state index contributed by atoms with van der Waals surface area (Å²) in [5.41, 5.74) is 10.6. The van der Waals surface area contributed by atoms with E-state index in [0.717, 1.165) is 21.5 Å². The van der Waals surface area contributed by atoms with E-state index in [1.54, 1.807) is 0 Å². The first-order valence-electron chi connectivity index (χ1n) is 12.4. The third-order valence-corrected chi connectivity index (χ3v) is 9.23. The Morgan fingerprint density at radius 2 is 1.24 bits per heavy atom. The van der Waals surface area contributed by atoms with Crippen molar-refractivity contribution in [3.8, 4) is 22.3 Å². The van der Waals surface area contributed by atoms with E-state index in [4.69, 9.17) is 16.6 Å². The lowest BCUT2D eigenvalue weighted by molar-refractivity contribution is 0.722. The Morgan fingerprint density at radius 3 is 2.03 bits per heavy atom. The van der Waals surface area contributed by atoms with Gasteiger partial charge in [0.2, 0.25) is 0 Å². The molecule has 1 nitrogen and oxygen atoms in total. The maximum atomic E-state index is 6.70. The van der Waals surface area contributed by atoms with Crippen LogP contribution in [0.25, 0.3) is 33.2 Å². The molecule has 5 aromatic carbocycles. The number of para-hydroxylation sites is 1. The Balaban J connectivity index is 1.52. The van der Waals surface area contributed by atoms with Gasteiger partial charge >= 0.3 is 0 Å². The van der Waals surface area contributed by atoms with Gasteiger partial charge in [0, 0.05) is 32.0 Å². The lowest BCUT2D eigenvalue weighted by Crippen LogP contribution is -2.32. The van der Waals surface area contributed by atoms with Crippen molar-refractivity contribution < 1.29 is 0 Å². The number of rotatable bonds is 1. The van der Waals surface area contributed by atoms with E-state index in [9.17, 15) is 0 Å². The first-order chi connectivity index (χ1) is 18.2. The lowest BCUT2D eigenvalue weighted by Gasteiger charge is -2.39. The van der Waals surface area contributed by atoms with E-state index in [1.165, 1.54) is 48.7 Å². The van der Waals surface area contributed by atoms with E-state index in [2.05, 4.69) is 103 Å². The van der Waals surface area contributed by atoms with Gasteiger partial charge in [0.15, 0.2) is 0 Å². The molecule has 8 rings (SSSR count). The van der Waals surface area contributed by atoms with Crippen molar-refractivity contribution in [3.63, 3.8) is 0 Å². The van der Waals surface area contributed by atoms with Crippen molar-refractivity contribution in [3.05, 3.63) is 149 Å². The van der Waals surface area contributed by atoms with Gasteiger partial charge in [0.05, 0.1) is 10.9 Å². The zero-order valence-corrected chi connectivity index (χ0v) is 21.4. The minimum atomic E-state index is -0.442. The van der Waals surface area contributed by atoms with Gasteiger partial charge in [-0.3, -0.25) is 4.98 Å². The smallest absolute Gasteiger partial charge is 0.0780 e. The van der Waals surface area contributed by atoms with E-state index < -0.39 is 5.41 Å². The summed E-state index contributed by atoms with van der Waals surface area (Å²) >= 11 is 8.56. The summed E-state index contributed by atoms with van der Waals surface area (Å²) in [6.07, 6.45) is 1.88. The fraction of sp³-hybridized carbons (Fsp3) is 0.0294. The van der Waals surface area contributed by atoms with Crippen LogP contribution in [0.1, 0.15) is 22.3 Å². The molecule has 0 N–H and O–H groups in total. The summed E-state index contributed by atoms with van der Waals surface area (Å²) in [6.45, 7) is 0. The minimum Gasteiger partial charge on any atom is -0.256 e. The SMILES string of the molecule is Clc1ccc2c(c1)C1(c3ccccc3Sc3ccccc31)c1cc(-c3cccc4cccnc34)ccc1-2. The summed E-state index contributed by atoms with van der Waals surface area (Å²) in [5.74, 6) is 0. The van der Waals surface area contributed by atoms with Crippen LogP contribution in [0.4, 0.5) is 0 Å². The van der Waals surface area contributed by atoms with Gasteiger partial charge in [0.25, 0.3) is 0 Å². The highest BCUT2D eigenvalue weighted by atomic mass is 35.5. The summed E-state index contributed by atoms with van der Waals surface area (Å²) < 4.78 is 0. The van der Waals surface area contributed by atoms with Gasteiger partial charge < -0.3 is 0 Å². The van der Waals surface area contributed by atoms with E-state index in [0.29, 0.717) is 0 Å². The second kappa shape index (κ2) is 7.82. The van der Waals surface area contributed by atoms with Crippen LogP contribution in [0.3, 0.4) is 0 Å². The zero-order valence-electron chi connectivity index (χ0n) is 19.8. The molecule has 0 atom stereocenters. The summed E-state index contributed by atoms with van der Waals surface area (Å²) in [4.78, 5) is 7.34. The Bertz CT molecular complexity index is 1840. The maximum absolute atomic E-state index is 6.70. The molecule has 3 heteroatoms. The van der Waals surface area contributed by atoms with Gasteiger partial charge in [-0.1, -0.05) is 102 Å². The minimum absolute atomic E-state index is 0.442. The largest absolute Gasteiger partial charge is 0.256 e. The van der Waals surface area contributed by atoms with E-state index in [1.807, 2.05) is 30.1 Å². The molecule has 1 aromatic heterocycles. The molecule has 0 radical (unpaired) electrons. The first-order valence-corrected chi connectivity index (χ1v) is 13.6. The van der Waals surface area contributed by atoms with Gasteiger partial charge in [-0.2, -0.15) is 0 Å². The fourth-order valence-electron chi connectivity index (χ4n) is 6.38. The molecule has 0 saturated heterocycles. The molecule has 37 heavy (non-hydrogen) atoms. The Morgan fingerprint density at radius 1 is 0.568 bits per heavy atom. The summed E-state index contributed by atoms with van der Waals surface area (Å²) in [6, 6.07) is 41.6. The molecule has 0 fully saturated rings. The highest BCUT2D eigenvalue weighted by Gasteiger charge is 2.50. The van der Waals surface area contributed by atoms with Crippen LogP contribution in [0.2, 0.25) is 5.02 Å². The average molecular weight is 510 g/mol. The van der Waals surface area contributed by atoms with Gasteiger partial charge in [-0.15, -0.1) is 0 Å². The zero-order chi connectivity index (χ0) is 24.6. The third-order valence-electron chi connectivity index (χ3n) is 7.85. The first kappa shape index (κ1) is 21.3. The molecule has 0 saturated carbocycles. The molecule has 6 aromatic rings. The molecule has 0 bridgehead atoms. The molecule has 1 aliphatic carbocycles. The topological polar surface area (TPSA) is 12.9 Å². The Hall–Kier alpha value is -3.85. The number of hydrogen-bond donors (Lipinski definition) is 0. The van der Waals surface area contributed by atoms with Crippen LogP contribution in [-0.4, -0.2) is 4.98 Å². The molecule has 174 valence electrons. The van der Waals surface area contributed by atoms with Crippen molar-refractivity contribution in [2.75, 3.05) is 0 Å².